The molecule has 1 aromatic heterocycles. The molecule has 7 heteroatoms. The van der Waals surface area contributed by atoms with Gasteiger partial charge in [0.05, 0.1) is 5.56 Å². The maximum Gasteiger partial charge on any atom is 0.254 e. The maximum atomic E-state index is 13.2. The van der Waals surface area contributed by atoms with Gasteiger partial charge in [0.1, 0.15) is 5.82 Å². The van der Waals surface area contributed by atoms with Gasteiger partial charge in [-0.1, -0.05) is 18.2 Å². The monoisotopic (exact) mass is 390 g/mol. The molecule has 146 valence electrons. The lowest BCUT2D eigenvalue weighted by Crippen LogP contribution is -2.49. The number of rotatable bonds is 4. The Balaban J connectivity index is 1.51. The number of carbonyl (C=O) groups is 2. The fourth-order valence-electron chi connectivity index (χ4n) is 3.36. The molecule has 4 rings (SSSR count). The second kappa shape index (κ2) is 8.18. The van der Waals surface area contributed by atoms with Crippen LogP contribution in [0, 0.1) is 5.82 Å². The zero-order valence-electron chi connectivity index (χ0n) is 15.7. The Bertz CT molecular complexity index is 1020. The summed E-state index contributed by atoms with van der Waals surface area (Å²) in [5.74, 6) is -0.257. The van der Waals surface area contributed by atoms with Gasteiger partial charge in [-0.25, -0.2) is 14.4 Å². The zero-order valence-corrected chi connectivity index (χ0v) is 15.7. The van der Waals surface area contributed by atoms with Gasteiger partial charge in [0.15, 0.2) is 5.78 Å². The second-order valence-corrected chi connectivity index (χ2v) is 6.71. The molecule has 6 nitrogen and oxygen atoms in total. The first-order chi connectivity index (χ1) is 14.1. The first-order valence-electron chi connectivity index (χ1n) is 9.34. The molecule has 0 N–H and O–H groups in total. The lowest BCUT2D eigenvalue weighted by Gasteiger charge is -2.35. The minimum absolute atomic E-state index is 0.190. The van der Waals surface area contributed by atoms with Gasteiger partial charge in [-0.15, -0.1) is 0 Å². The number of halogens is 1. The van der Waals surface area contributed by atoms with E-state index in [4.69, 9.17) is 0 Å². The van der Waals surface area contributed by atoms with Crippen LogP contribution >= 0.6 is 0 Å². The van der Waals surface area contributed by atoms with Crippen molar-refractivity contribution in [2.24, 2.45) is 0 Å². The molecule has 0 atom stereocenters. The van der Waals surface area contributed by atoms with E-state index in [2.05, 4.69) is 9.97 Å². The molecule has 1 saturated heterocycles. The van der Waals surface area contributed by atoms with Gasteiger partial charge in [-0.3, -0.25) is 9.59 Å². The summed E-state index contributed by atoms with van der Waals surface area (Å²) in [6.45, 7) is 2.25. The standard InChI is InChI=1S/C22H19FN4O2/c23-17-8-6-16(7-9-17)20(28)18-4-1-2-5-19(18)21(29)26-12-14-27(15-13-26)22-24-10-3-11-25-22/h1-11H,12-15H2. The van der Waals surface area contributed by atoms with E-state index in [1.165, 1.54) is 24.3 Å². The first-order valence-corrected chi connectivity index (χ1v) is 9.34. The van der Waals surface area contributed by atoms with Gasteiger partial charge in [0.2, 0.25) is 5.95 Å². The number of benzene rings is 2. The highest BCUT2D eigenvalue weighted by atomic mass is 19.1. The molecule has 1 amide bonds. The summed E-state index contributed by atoms with van der Waals surface area (Å²) in [5.41, 5.74) is 1.02. The van der Waals surface area contributed by atoms with Crippen LogP contribution in [0.4, 0.5) is 10.3 Å². The molecular formula is C22H19FN4O2. The zero-order chi connectivity index (χ0) is 20.2. The van der Waals surface area contributed by atoms with E-state index < -0.39 is 5.82 Å². The predicted octanol–water partition coefficient (Wildman–Crippen LogP) is 2.81. The third kappa shape index (κ3) is 3.99. The Kier molecular flexibility index (Phi) is 5.29. The van der Waals surface area contributed by atoms with Crippen LogP contribution in [-0.4, -0.2) is 52.7 Å². The van der Waals surface area contributed by atoms with Crippen LogP contribution in [0.25, 0.3) is 0 Å². The van der Waals surface area contributed by atoms with Crippen LogP contribution in [-0.2, 0) is 0 Å². The highest BCUT2D eigenvalue weighted by Gasteiger charge is 2.26. The van der Waals surface area contributed by atoms with Crippen molar-refractivity contribution in [2.75, 3.05) is 31.1 Å². The quantitative estimate of drug-likeness (QED) is 0.641. The van der Waals surface area contributed by atoms with E-state index in [-0.39, 0.29) is 11.7 Å². The number of hydrogen-bond donors (Lipinski definition) is 0. The Morgan fingerprint density at radius 1 is 0.793 bits per heavy atom. The van der Waals surface area contributed by atoms with Crippen LogP contribution < -0.4 is 4.90 Å². The van der Waals surface area contributed by atoms with E-state index in [0.29, 0.717) is 48.8 Å². The van der Waals surface area contributed by atoms with Gasteiger partial charge in [0.25, 0.3) is 5.91 Å². The number of hydrogen-bond acceptors (Lipinski definition) is 5. The summed E-state index contributed by atoms with van der Waals surface area (Å²) >= 11 is 0. The van der Waals surface area contributed by atoms with Crippen molar-refractivity contribution in [3.63, 3.8) is 0 Å². The number of amides is 1. The van der Waals surface area contributed by atoms with Crippen LogP contribution in [0.3, 0.4) is 0 Å². The molecule has 2 heterocycles. The summed E-state index contributed by atoms with van der Waals surface area (Å²) < 4.78 is 13.2. The van der Waals surface area contributed by atoms with Gasteiger partial charge in [-0.2, -0.15) is 0 Å². The van der Waals surface area contributed by atoms with Crippen LogP contribution in [0.1, 0.15) is 26.3 Å². The first kappa shape index (κ1) is 18.7. The van der Waals surface area contributed by atoms with Crippen molar-refractivity contribution < 1.29 is 14.0 Å². The predicted molar refractivity (Wildman–Crippen MR) is 106 cm³/mol. The van der Waals surface area contributed by atoms with E-state index in [1.807, 2.05) is 4.90 Å². The number of ketones is 1. The number of aromatic nitrogens is 2. The highest BCUT2D eigenvalue weighted by Crippen LogP contribution is 2.19. The topological polar surface area (TPSA) is 66.4 Å². The normalized spacial score (nSPS) is 14.0. The molecule has 0 unspecified atom stereocenters. The number of piperazine rings is 1. The van der Waals surface area contributed by atoms with Crippen molar-refractivity contribution >= 4 is 17.6 Å². The van der Waals surface area contributed by atoms with E-state index >= 15 is 0 Å². The van der Waals surface area contributed by atoms with Crippen LogP contribution in [0.5, 0.6) is 0 Å². The second-order valence-electron chi connectivity index (χ2n) is 6.71. The molecule has 0 spiro atoms. The van der Waals surface area contributed by atoms with Crippen molar-refractivity contribution in [3.05, 3.63) is 89.5 Å². The minimum atomic E-state index is -0.411. The summed E-state index contributed by atoms with van der Waals surface area (Å²) in [5, 5.41) is 0. The third-order valence-electron chi connectivity index (χ3n) is 4.91. The van der Waals surface area contributed by atoms with Crippen molar-refractivity contribution in [1.82, 2.24) is 14.9 Å². The van der Waals surface area contributed by atoms with Crippen molar-refractivity contribution in [1.29, 1.82) is 0 Å². The number of anilines is 1. The molecule has 1 aliphatic rings. The van der Waals surface area contributed by atoms with Crippen LogP contribution in [0.15, 0.2) is 67.0 Å². The fourth-order valence-corrected chi connectivity index (χ4v) is 3.36. The Morgan fingerprint density at radius 2 is 1.41 bits per heavy atom. The van der Waals surface area contributed by atoms with Gasteiger partial charge < -0.3 is 9.80 Å². The maximum absolute atomic E-state index is 13.2. The summed E-state index contributed by atoms with van der Waals surface area (Å²) in [6.07, 6.45) is 3.38. The number of carbonyl (C=O) groups excluding carboxylic acids is 2. The smallest absolute Gasteiger partial charge is 0.254 e. The summed E-state index contributed by atoms with van der Waals surface area (Å²) in [7, 11) is 0. The molecule has 1 fully saturated rings. The van der Waals surface area contributed by atoms with E-state index in [9.17, 15) is 14.0 Å². The summed E-state index contributed by atoms with van der Waals surface area (Å²) in [4.78, 5) is 38.3. The van der Waals surface area contributed by atoms with Crippen molar-refractivity contribution in [3.8, 4) is 0 Å². The molecule has 29 heavy (non-hydrogen) atoms. The molecule has 2 aromatic carbocycles. The molecule has 0 saturated carbocycles. The highest BCUT2D eigenvalue weighted by molar-refractivity contribution is 6.15. The third-order valence-corrected chi connectivity index (χ3v) is 4.91. The fraction of sp³-hybridized carbons (Fsp3) is 0.182. The lowest BCUT2D eigenvalue weighted by molar-refractivity contribution is 0.0742. The number of nitrogens with zero attached hydrogens (tertiary/aromatic N) is 4. The SMILES string of the molecule is O=C(c1ccc(F)cc1)c1ccccc1C(=O)N1CCN(c2ncccn2)CC1. The molecular weight excluding hydrogens is 371 g/mol. The average molecular weight is 390 g/mol. The minimum Gasteiger partial charge on any atom is -0.337 e. The Morgan fingerprint density at radius 3 is 2.07 bits per heavy atom. The van der Waals surface area contributed by atoms with Gasteiger partial charge in [-0.05, 0) is 36.4 Å². The average Bonchev–Trinajstić information content (AvgIpc) is 2.79. The molecule has 1 aliphatic heterocycles. The Labute approximate surface area is 167 Å². The molecule has 0 radical (unpaired) electrons. The molecule has 0 aliphatic carbocycles. The van der Waals surface area contributed by atoms with E-state index in [1.54, 1.807) is 47.6 Å². The molecule has 3 aromatic rings. The summed E-state index contributed by atoms with van der Waals surface area (Å²) in [6, 6.07) is 13.8. The largest absolute Gasteiger partial charge is 0.337 e. The van der Waals surface area contributed by atoms with Crippen molar-refractivity contribution in [2.45, 2.75) is 0 Å². The van der Waals surface area contributed by atoms with Crippen LogP contribution in [0.2, 0.25) is 0 Å². The van der Waals surface area contributed by atoms with E-state index in [0.717, 1.165) is 0 Å². The van der Waals surface area contributed by atoms with Gasteiger partial charge >= 0.3 is 0 Å². The lowest BCUT2D eigenvalue weighted by atomic mass is 9.97. The Hall–Kier alpha value is -3.61. The molecule has 0 bridgehead atoms. The van der Waals surface area contributed by atoms with Gasteiger partial charge in [0, 0.05) is 49.7 Å².